The van der Waals surface area contributed by atoms with Crippen LogP contribution in [-0.4, -0.2) is 37.5 Å². The van der Waals surface area contributed by atoms with Gasteiger partial charge in [0.05, 0.1) is 5.75 Å². The van der Waals surface area contributed by atoms with Gasteiger partial charge in [-0.3, -0.25) is 14.3 Å². The zero-order valence-electron chi connectivity index (χ0n) is 16.7. The molecule has 0 saturated carbocycles. The van der Waals surface area contributed by atoms with Crippen LogP contribution in [-0.2, 0) is 17.8 Å². The van der Waals surface area contributed by atoms with Crippen LogP contribution in [0.2, 0.25) is 0 Å². The summed E-state index contributed by atoms with van der Waals surface area (Å²) in [5.74, 6) is 0.622. The lowest BCUT2D eigenvalue weighted by Gasteiger charge is -2.35. The summed E-state index contributed by atoms with van der Waals surface area (Å²) >= 11 is 1.34. The van der Waals surface area contributed by atoms with Gasteiger partial charge in [0, 0.05) is 36.2 Å². The Bertz CT molecular complexity index is 1070. The number of benzene rings is 1. The molecule has 1 aromatic carbocycles. The molecule has 8 heteroatoms. The van der Waals surface area contributed by atoms with E-state index in [0.717, 1.165) is 29.7 Å². The highest BCUT2D eigenvalue weighted by atomic mass is 32.2. The van der Waals surface area contributed by atoms with E-state index in [-0.39, 0.29) is 23.5 Å². The molecule has 0 saturated heterocycles. The minimum Gasteiger partial charge on any atom is -0.309 e. The molecule has 3 heterocycles. The predicted octanol–water partition coefficient (Wildman–Crippen LogP) is 4.13. The molecule has 1 amide bonds. The van der Waals surface area contributed by atoms with Gasteiger partial charge in [0.25, 0.3) is 0 Å². The third-order valence-electron chi connectivity index (χ3n) is 5.13. The SMILES string of the molecule is C=CCn1c(SCC(=O)N2c3ccc(F)cc3CC[C@H]2C)nnc1-c1ccncc1. The molecule has 0 spiro atoms. The number of amides is 1. The third kappa shape index (κ3) is 4.00. The molecule has 1 aliphatic rings. The molecule has 154 valence electrons. The van der Waals surface area contributed by atoms with Crippen LogP contribution in [0.25, 0.3) is 11.4 Å². The summed E-state index contributed by atoms with van der Waals surface area (Å²) in [5.41, 5.74) is 2.57. The molecule has 6 nitrogen and oxygen atoms in total. The van der Waals surface area contributed by atoms with Crippen molar-refractivity contribution in [2.24, 2.45) is 0 Å². The van der Waals surface area contributed by atoms with Crippen LogP contribution < -0.4 is 4.90 Å². The molecule has 0 N–H and O–H groups in total. The smallest absolute Gasteiger partial charge is 0.237 e. The summed E-state index contributed by atoms with van der Waals surface area (Å²) in [6.45, 7) is 6.37. The van der Waals surface area contributed by atoms with Crippen LogP contribution in [0.3, 0.4) is 0 Å². The van der Waals surface area contributed by atoms with Gasteiger partial charge < -0.3 is 4.90 Å². The molecule has 0 aliphatic carbocycles. The van der Waals surface area contributed by atoms with E-state index < -0.39 is 0 Å². The topological polar surface area (TPSA) is 63.9 Å². The predicted molar refractivity (Wildman–Crippen MR) is 116 cm³/mol. The molecule has 30 heavy (non-hydrogen) atoms. The lowest BCUT2D eigenvalue weighted by molar-refractivity contribution is -0.116. The quantitative estimate of drug-likeness (QED) is 0.441. The van der Waals surface area contributed by atoms with Gasteiger partial charge in [0.2, 0.25) is 5.91 Å². The van der Waals surface area contributed by atoms with E-state index in [0.29, 0.717) is 17.5 Å². The van der Waals surface area contributed by atoms with E-state index in [9.17, 15) is 9.18 Å². The van der Waals surface area contributed by atoms with E-state index in [1.807, 2.05) is 23.6 Å². The highest BCUT2D eigenvalue weighted by molar-refractivity contribution is 7.99. The highest BCUT2D eigenvalue weighted by Crippen LogP contribution is 2.32. The van der Waals surface area contributed by atoms with E-state index >= 15 is 0 Å². The van der Waals surface area contributed by atoms with Crippen molar-refractivity contribution in [1.82, 2.24) is 19.7 Å². The molecule has 0 bridgehead atoms. The van der Waals surface area contributed by atoms with Crippen molar-refractivity contribution in [3.05, 3.63) is 66.8 Å². The number of carbonyl (C=O) groups is 1. The number of allylic oxidation sites excluding steroid dienone is 1. The Morgan fingerprint density at radius 1 is 1.30 bits per heavy atom. The summed E-state index contributed by atoms with van der Waals surface area (Å²) in [6.07, 6.45) is 6.77. The van der Waals surface area contributed by atoms with Gasteiger partial charge in [-0.25, -0.2) is 4.39 Å². The maximum Gasteiger partial charge on any atom is 0.237 e. The Balaban J connectivity index is 1.55. The fraction of sp³-hybridized carbons (Fsp3) is 0.273. The Hall–Kier alpha value is -3.00. The molecule has 2 aromatic heterocycles. The molecular weight excluding hydrogens is 401 g/mol. The van der Waals surface area contributed by atoms with Crippen molar-refractivity contribution in [2.75, 3.05) is 10.7 Å². The number of halogens is 1. The molecule has 4 rings (SSSR count). The lowest BCUT2D eigenvalue weighted by atomic mass is 9.96. The maximum absolute atomic E-state index is 13.6. The standard InChI is InChI=1S/C22H22FN5OS/c1-3-12-27-21(16-8-10-24-11-9-16)25-26-22(27)30-14-20(29)28-15(2)4-5-17-13-18(23)6-7-19(17)28/h3,6-11,13,15H,1,4-5,12,14H2,2H3/t15-/m1/s1. The Kier molecular flexibility index (Phi) is 5.94. The van der Waals surface area contributed by atoms with Gasteiger partial charge in [-0.1, -0.05) is 17.8 Å². The van der Waals surface area contributed by atoms with Gasteiger partial charge in [-0.15, -0.1) is 16.8 Å². The fourth-order valence-electron chi connectivity index (χ4n) is 3.70. The number of fused-ring (bicyclic) bond motifs is 1. The fourth-order valence-corrected chi connectivity index (χ4v) is 4.51. The van der Waals surface area contributed by atoms with Gasteiger partial charge >= 0.3 is 0 Å². The van der Waals surface area contributed by atoms with E-state index in [2.05, 4.69) is 21.8 Å². The number of thioether (sulfide) groups is 1. The summed E-state index contributed by atoms with van der Waals surface area (Å²) in [4.78, 5) is 18.9. The number of anilines is 1. The first-order valence-electron chi connectivity index (χ1n) is 9.76. The van der Waals surface area contributed by atoms with Crippen molar-refractivity contribution in [3.8, 4) is 11.4 Å². The monoisotopic (exact) mass is 423 g/mol. The van der Waals surface area contributed by atoms with Crippen LogP contribution in [0.5, 0.6) is 0 Å². The Morgan fingerprint density at radius 2 is 2.10 bits per heavy atom. The lowest BCUT2D eigenvalue weighted by Crippen LogP contribution is -2.43. The second kappa shape index (κ2) is 8.79. The van der Waals surface area contributed by atoms with Crippen molar-refractivity contribution >= 4 is 23.4 Å². The van der Waals surface area contributed by atoms with Crippen LogP contribution >= 0.6 is 11.8 Å². The minimum absolute atomic E-state index is 0.0290. The van der Waals surface area contributed by atoms with Crippen molar-refractivity contribution in [3.63, 3.8) is 0 Å². The highest BCUT2D eigenvalue weighted by Gasteiger charge is 2.29. The Morgan fingerprint density at radius 3 is 2.87 bits per heavy atom. The molecule has 0 fully saturated rings. The summed E-state index contributed by atoms with van der Waals surface area (Å²) in [6, 6.07) is 8.44. The largest absolute Gasteiger partial charge is 0.309 e. The van der Waals surface area contributed by atoms with Gasteiger partial charge in [0.15, 0.2) is 11.0 Å². The first-order valence-corrected chi connectivity index (χ1v) is 10.7. The van der Waals surface area contributed by atoms with Crippen LogP contribution in [0.15, 0.2) is 60.5 Å². The average molecular weight is 424 g/mol. The molecule has 3 aromatic rings. The van der Waals surface area contributed by atoms with E-state index in [1.165, 1.54) is 23.9 Å². The summed E-state index contributed by atoms with van der Waals surface area (Å²) in [7, 11) is 0. The first-order chi connectivity index (χ1) is 14.6. The summed E-state index contributed by atoms with van der Waals surface area (Å²) < 4.78 is 15.5. The zero-order chi connectivity index (χ0) is 21.1. The number of carbonyl (C=O) groups excluding carboxylic acids is 1. The normalized spacial score (nSPS) is 15.7. The molecule has 0 unspecified atom stereocenters. The van der Waals surface area contributed by atoms with Crippen LogP contribution in [0, 0.1) is 5.82 Å². The number of pyridine rings is 1. The third-order valence-corrected chi connectivity index (χ3v) is 6.09. The second-order valence-electron chi connectivity index (χ2n) is 7.15. The van der Waals surface area contributed by atoms with Gasteiger partial charge in [-0.2, -0.15) is 0 Å². The number of hydrogen-bond acceptors (Lipinski definition) is 5. The Labute approximate surface area is 178 Å². The number of aryl methyl sites for hydroxylation is 1. The molecular formula is C22H22FN5OS. The number of nitrogens with zero attached hydrogens (tertiary/aromatic N) is 5. The maximum atomic E-state index is 13.6. The second-order valence-corrected chi connectivity index (χ2v) is 8.10. The van der Waals surface area contributed by atoms with Crippen molar-refractivity contribution in [1.29, 1.82) is 0 Å². The van der Waals surface area contributed by atoms with E-state index in [4.69, 9.17) is 0 Å². The molecule has 1 aliphatic heterocycles. The number of hydrogen-bond donors (Lipinski definition) is 0. The molecule has 0 radical (unpaired) electrons. The first kappa shape index (κ1) is 20.3. The van der Waals surface area contributed by atoms with Gasteiger partial charge in [0.1, 0.15) is 5.82 Å². The molecule has 1 atom stereocenters. The van der Waals surface area contributed by atoms with Gasteiger partial charge in [-0.05, 0) is 55.7 Å². The zero-order valence-corrected chi connectivity index (χ0v) is 17.5. The average Bonchev–Trinajstić information content (AvgIpc) is 3.15. The van der Waals surface area contributed by atoms with Crippen LogP contribution in [0.4, 0.5) is 10.1 Å². The number of rotatable bonds is 6. The van der Waals surface area contributed by atoms with Crippen molar-refractivity contribution < 1.29 is 9.18 Å². The minimum atomic E-state index is -0.272. The van der Waals surface area contributed by atoms with E-state index in [1.54, 1.807) is 29.4 Å². The number of aromatic nitrogens is 4. The van der Waals surface area contributed by atoms with Crippen molar-refractivity contribution in [2.45, 2.75) is 37.5 Å². The summed E-state index contributed by atoms with van der Waals surface area (Å²) in [5, 5.41) is 9.25. The van der Waals surface area contributed by atoms with Crippen LogP contribution in [0.1, 0.15) is 18.9 Å².